The van der Waals surface area contributed by atoms with Gasteiger partial charge in [0.05, 0.1) is 5.69 Å². The maximum absolute atomic E-state index is 6.06. The van der Waals surface area contributed by atoms with E-state index in [2.05, 4.69) is 17.2 Å². The number of fused-ring (bicyclic) bond motifs is 1. The molecule has 2 aromatic rings. The Morgan fingerprint density at radius 1 is 1.15 bits per heavy atom. The normalized spacial score (nSPS) is 14.2. The Morgan fingerprint density at radius 2 is 1.90 bits per heavy atom. The lowest BCUT2D eigenvalue weighted by molar-refractivity contribution is 0.617. The highest BCUT2D eigenvalue weighted by atomic mass is 35.5. The van der Waals surface area contributed by atoms with Gasteiger partial charge in [-0.05, 0) is 43.1 Å². The Kier molecular flexibility index (Phi) is 3.92. The molecule has 1 aliphatic heterocycles. The molecule has 1 aromatic carbocycles. The number of nitrogens with zero attached hydrogens (tertiary/aromatic N) is 2. The summed E-state index contributed by atoms with van der Waals surface area (Å²) < 4.78 is 0. The van der Waals surface area contributed by atoms with Gasteiger partial charge in [0.2, 0.25) is 0 Å². The van der Waals surface area contributed by atoms with E-state index in [-0.39, 0.29) is 0 Å². The highest BCUT2D eigenvalue weighted by Gasteiger charge is 2.17. The minimum atomic E-state index is 0.602. The quantitative estimate of drug-likeness (QED) is 0.920. The second-order valence-corrected chi connectivity index (χ2v) is 5.73. The molecule has 3 rings (SSSR count). The molecule has 0 aliphatic carbocycles. The van der Waals surface area contributed by atoms with Crippen molar-refractivity contribution in [2.24, 2.45) is 0 Å². The van der Waals surface area contributed by atoms with E-state index in [0.29, 0.717) is 15.9 Å². The van der Waals surface area contributed by atoms with Gasteiger partial charge in [-0.25, -0.2) is 9.97 Å². The van der Waals surface area contributed by atoms with Crippen LogP contribution in [-0.4, -0.2) is 16.5 Å². The third-order valence-corrected chi connectivity index (χ3v) is 3.91. The van der Waals surface area contributed by atoms with Crippen LogP contribution in [0.2, 0.25) is 10.0 Å². The molecule has 0 unspecified atom stereocenters. The summed E-state index contributed by atoms with van der Waals surface area (Å²) in [5, 5.41) is 4.55. The molecular weight excluding hydrogens is 293 g/mol. The average molecular weight is 308 g/mol. The van der Waals surface area contributed by atoms with E-state index < -0.39 is 0 Å². The van der Waals surface area contributed by atoms with Crippen LogP contribution in [-0.2, 0) is 19.4 Å². The van der Waals surface area contributed by atoms with Crippen molar-refractivity contribution in [2.45, 2.75) is 26.3 Å². The number of nitrogens with one attached hydrogen (secondary N) is 1. The lowest BCUT2D eigenvalue weighted by atomic mass is 10.0. The minimum absolute atomic E-state index is 0.602. The van der Waals surface area contributed by atoms with Gasteiger partial charge in [-0.2, -0.15) is 0 Å². The van der Waals surface area contributed by atoms with Crippen molar-refractivity contribution < 1.29 is 0 Å². The van der Waals surface area contributed by atoms with Gasteiger partial charge < -0.3 is 5.32 Å². The first kappa shape index (κ1) is 13.8. The maximum atomic E-state index is 6.06. The van der Waals surface area contributed by atoms with Crippen LogP contribution >= 0.6 is 23.2 Å². The van der Waals surface area contributed by atoms with Gasteiger partial charge in [0.25, 0.3) is 0 Å². The lowest BCUT2D eigenvalue weighted by Crippen LogP contribution is -2.26. The standard InChI is InChI=1S/C15H15Cl2N3/c1-2-13-12-3-4-18-8-14(12)20-15(19-13)9-5-10(16)7-11(17)6-9/h5-7,18H,2-4,8H2,1H3. The van der Waals surface area contributed by atoms with Gasteiger partial charge in [-0.1, -0.05) is 30.1 Å². The fourth-order valence-electron chi connectivity index (χ4n) is 2.54. The molecule has 0 saturated carbocycles. The molecule has 0 saturated heterocycles. The zero-order valence-corrected chi connectivity index (χ0v) is 12.7. The molecule has 1 aliphatic rings. The Balaban J connectivity index is 2.14. The monoisotopic (exact) mass is 307 g/mol. The number of hydrogen-bond donors (Lipinski definition) is 1. The second-order valence-electron chi connectivity index (χ2n) is 4.86. The maximum Gasteiger partial charge on any atom is 0.159 e. The molecule has 0 spiro atoms. The number of rotatable bonds is 2. The second kappa shape index (κ2) is 5.68. The molecule has 0 fully saturated rings. The number of benzene rings is 1. The van der Waals surface area contributed by atoms with Crippen molar-refractivity contribution in [2.75, 3.05) is 6.54 Å². The smallest absolute Gasteiger partial charge is 0.159 e. The number of halogens is 2. The zero-order chi connectivity index (χ0) is 14.1. The van der Waals surface area contributed by atoms with Gasteiger partial charge in [0.15, 0.2) is 5.82 Å². The Bertz CT molecular complexity index is 618. The number of aromatic nitrogens is 2. The van der Waals surface area contributed by atoms with E-state index >= 15 is 0 Å². The Morgan fingerprint density at radius 3 is 2.60 bits per heavy atom. The predicted molar refractivity (Wildman–Crippen MR) is 82.3 cm³/mol. The molecule has 1 aromatic heterocycles. The van der Waals surface area contributed by atoms with Crippen molar-refractivity contribution in [3.05, 3.63) is 45.2 Å². The molecule has 0 atom stereocenters. The molecule has 0 radical (unpaired) electrons. The van der Waals surface area contributed by atoms with Gasteiger partial charge in [-0.3, -0.25) is 0 Å². The molecule has 104 valence electrons. The van der Waals surface area contributed by atoms with Gasteiger partial charge in [0.1, 0.15) is 0 Å². The van der Waals surface area contributed by atoms with Crippen LogP contribution < -0.4 is 5.32 Å². The SMILES string of the molecule is CCc1nc(-c2cc(Cl)cc(Cl)c2)nc2c1CCNC2. The lowest BCUT2D eigenvalue weighted by Gasteiger charge is -2.19. The largest absolute Gasteiger partial charge is 0.311 e. The summed E-state index contributed by atoms with van der Waals surface area (Å²) in [5.41, 5.74) is 4.38. The van der Waals surface area contributed by atoms with E-state index in [9.17, 15) is 0 Å². The number of hydrogen-bond acceptors (Lipinski definition) is 3. The van der Waals surface area contributed by atoms with Gasteiger partial charge in [0, 0.05) is 27.8 Å². The first-order valence-corrected chi connectivity index (χ1v) is 7.49. The molecule has 0 amide bonds. The van der Waals surface area contributed by atoms with Crippen molar-refractivity contribution >= 4 is 23.2 Å². The molecule has 20 heavy (non-hydrogen) atoms. The van der Waals surface area contributed by atoms with Crippen molar-refractivity contribution in [1.29, 1.82) is 0 Å². The first-order chi connectivity index (χ1) is 9.67. The van der Waals surface area contributed by atoms with Crippen LogP contribution in [0, 0.1) is 0 Å². The molecular formula is C15H15Cl2N3. The molecule has 0 bridgehead atoms. The van der Waals surface area contributed by atoms with Gasteiger partial charge >= 0.3 is 0 Å². The van der Waals surface area contributed by atoms with E-state index in [0.717, 1.165) is 42.9 Å². The number of aryl methyl sites for hydroxylation is 1. The Hall–Kier alpha value is -1.16. The third-order valence-electron chi connectivity index (χ3n) is 3.48. The van der Waals surface area contributed by atoms with Crippen molar-refractivity contribution in [3.63, 3.8) is 0 Å². The topological polar surface area (TPSA) is 37.8 Å². The zero-order valence-electron chi connectivity index (χ0n) is 11.2. The van der Waals surface area contributed by atoms with Crippen molar-refractivity contribution in [3.8, 4) is 11.4 Å². The predicted octanol–water partition coefficient (Wildman–Crippen LogP) is 3.66. The summed E-state index contributed by atoms with van der Waals surface area (Å²) in [7, 11) is 0. The average Bonchev–Trinajstić information content (AvgIpc) is 2.45. The molecule has 2 heterocycles. The summed E-state index contributed by atoms with van der Waals surface area (Å²) >= 11 is 12.1. The van der Waals surface area contributed by atoms with Crippen LogP contribution in [0.1, 0.15) is 23.9 Å². The summed E-state index contributed by atoms with van der Waals surface area (Å²) in [6.45, 7) is 3.91. The first-order valence-electron chi connectivity index (χ1n) is 6.73. The summed E-state index contributed by atoms with van der Waals surface area (Å²) in [4.78, 5) is 9.38. The van der Waals surface area contributed by atoms with Crippen LogP contribution in [0.25, 0.3) is 11.4 Å². The van der Waals surface area contributed by atoms with Crippen LogP contribution in [0.4, 0.5) is 0 Å². The third kappa shape index (κ3) is 2.66. The fourth-order valence-corrected chi connectivity index (χ4v) is 3.07. The van der Waals surface area contributed by atoms with Crippen molar-refractivity contribution in [1.82, 2.24) is 15.3 Å². The van der Waals surface area contributed by atoms with Crippen LogP contribution in [0.3, 0.4) is 0 Å². The van der Waals surface area contributed by atoms with Crippen LogP contribution in [0.15, 0.2) is 18.2 Å². The minimum Gasteiger partial charge on any atom is -0.311 e. The van der Waals surface area contributed by atoms with Crippen LogP contribution in [0.5, 0.6) is 0 Å². The van der Waals surface area contributed by atoms with E-state index in [4.69, 9.17) is 28.2 Å². The van der Waals surface area contributed by atoms with Gasteiger partial charge in [-0.15, -0.1) is 0 Å². The molecule has 1 N–H and O–H groups in total. The summed E-state index contributed by atoms with van der Waals surface area (Å²) in [6.07, 6.45) is 1.90. The van der Waals surface area contributed by atoms with E-state index in [1.807, 2.05) is 12.1 Å². The highest BCUT2D eigenvalue weighted by Crippen LogP contribution is 2.27. The van der Waals surface area contributed by atoms with E-state index in [1.165, 1.54) is 5.56 Å². The highest BCUT2D eigenvalue weighted by molar-refractivity contribution is 6.35. The summed E-state index contributed by atoms with van der Waals surface area (Å²) in [5.74, 6) is 0.703. The van der Waals surface area contributed by atoms with E-state index in [1.54, 1.807) is 6.07 Å². The summed E-state index contributed by atoms with van der Waals surface area (Å²) in [6, 6.07) is 5.42. The molecule has 3 nitrogen and oxygen atoms in total. The molecule has 5 heteroatoms. The fraction of sp³-hybridized carbons (Fsp3) is 0.333. The Labute approximate surface area is 128 Å².